The topological polar surface area (TPSA) is 104 Å². The molecule has 4 aromatic carbocycles. The molecule has 0 amide bonds. The molecule has 2 aromatic heterocycles. The van der Waals surface area contributed by atoms with Crippen molar-refractivity contribution in [3.05, 3.63) is 141 Å². The van der Waals surface area contributed by atoms with Crippen molar-refractivity contribution in [1.29, 1.82) is 0 Å². The minimum atomic E-state index is -0.181. The number of nitrogens with zero attached hydrogens (tertiary/aromatic N) is 3. The van der Waals surface area contributed by atoms with Gasteiger partial charge in [0.1, 0.15) is 23.6 Å². The Morgan fingerprint density at radius 1 is 0.881 bits per heavy atom. The number of benzene rings is 4. The van der Waals surface area contributed by atoms with Crippen LogP contribution in [0.5, 0.6) is 5.75 Å². The van der Waals surface area contributed by atoms with Crippen LogP contribution in [0, 0.1) is 0 Å². The van der Waals surface area contributed by atoms with Gasteiger partial charge in [-0.2, -0.15) is 0 Å². The molecule has 0 bridgehead atoms. The van der Waals surface area contributed by atoms with Crippen LogP contribution in [0.1, 0.15) is 53.7 Å². The Labute approximate surface area is 248 Å². The first-order chi connectivity index (χ1) is 20.5. The van der Waals surface area contributed by atoms with Gasteiger partial charge in [-0.3, -0.25) is 14.4 Å². The first kappa shape index (κ1) is 27.0. The molecule has 0 N–H and O–H groups in total. The van der Waals surface area contributed by atoms with E-state index in [4.69, 9.17) is 9.15 Å². The summed E-state index contributed by atoms with van der Waals surface area (Å²) >= 11 is 3.38. The van der Waals surface area contributed by atoms with Gasteiger partial charge < -0.3 is 9.15 Å². The van der Waals surface area contributed by atoms with Gasteiger partial charge in [-0.05, 0) is 84.3 Å². The summed E-state index contributed by atoms with van der Waals surface area (Å²) in [5.74, 6) is 0.528. The zero-order valence-electron chi connectivity index (χ0n) is 22.1. The number of carbonyl (C=O) groups excluding carboxylic acids is 3. The molecule has 0 aliphatic heterocycles. The standard InChI is InChI=1S/C33H22BrN3O5/c34-27-9-7-23(8-10-27)33(40)32-16-25-14-21(6-12-31(25)42-32)13-22-5-11-30(26(15-22)19-39)41-20-28-17-37(36-35-28)29-4-2-1-3-24(29)18-38/h1-12,14-19H,13,20H2. The van der Waals surface area contributed by atoms with E-state index in [1.54, 1.807) is 54.7 Å². The molecule has 0 unspecified atom stereocenters. The lowest BCUT2D eigenvalue weighted by atomic mass is 10.0. The average Bonchev–Trinajstić information content (AvgIpc) is 3.67. The SMILES string of the molecule is O=Cc1cc(Cc2ccc3oc(C(=O)c4ccc(Br)cc4)cc3c2)ccc1OCc1cn(-c2ccccc2C=O)nn1. The Morgan fingerprint density at radius 2 is 1.64 bits per heavy atom. The van der Waals surface area contributed by atoms with Gasteiger partial charge in [-0.1, -0.05) is 45.4 Å². The third-order valence-electron chi connectivity index (χ3n) is 6.75. The molecule has 8 nitrogen and oxygen atoms in total. The van der Waals surface area contributed by atoms with Gasteiger partial charge in [0, 0.05) is 21.0 Å². The second-order valence-corrected chi connectivity index (χ2v) is 10.5. The number of furan rings is 1. The molecule has 6 rings (SSSR count). The van der Waals surface area contributed by atoms with E-state index in [1.165, 1.54) is 4.68 Å². The third kappa shape index (κ3) is 5.68. The molecule has 0 aliphatic rings. The van der Waals surface area contributed by atoms with E-state index in [1.807, 2.05) is 42.5 Å². The lowest BCUT2D eigenvalue weighted by Gasteiger charge is -2.09. The summed E-state index contributed by atoms with van der Waals surface area (Å²) in [7, 11) is 0. The molecule has 0 saturated carbocycles. The smallest absolute Gasteiger partial charge is 0.228 e. The quantitative estimate of drug-likeness (QED) is 0.123. The second-order valence-electron chi connectivity index (χ2n) is 9.61. The number of para-hydroxylation sites is 1. The van der Waals surface area contributed by atoms with Crippen molar-refractivity contribution < 1.29 is 23.5 Å². The Morgan fingerprint density at radius 3 is 2.45 bits per heavy atom. The number of hydrogen-bond donors (Lipinski definition) is 0. The Balaban J connectivity index is 1.14. The Hall–Kier alpha value is -5.15. The average molecular weight is 620 g/mol. The first-order valence-electron chi connectivity index (χ1n) is 13.0. The summed E-state index contributed by atoms with van der Waals surface area (Å²) in [6, 6.07) is 27.2. The van der Waals surface area contributed by atoms with Gasteiger partial charge in [-0.15, -0.1) is 5.10 Å². The molecule has 0 radical (unpaired) electrons. The van der Waals surface area contributed by atoms with Crippen molar-refractivity contribution in [2.45, 2.75) is 13.0 Å². The molecule has 206 valence electrons. The van der Waals surface area contributed by atoms with E-state index in [9.17, 15) is 14.4 Å². The molecule has 2 heterocycles. The highest BCUT2D eigenvalue weighted by atomic mass is 79.9. The molecule has 9 heteroatoms. The minimum Gasteiger partial charge on any atom is -0.486 e. The first-order valence-corrected chi connectivity index (χ1v) is 13.8. The third-order valence-corrected chi connectivity index (χ3v) is 7.28. The van der Waals surface area contributed by atoms with E-state index in [0.29, 0.717) is 45.8 Å². The van der Waals surface area contributed by atoms with E-state index >= 15 is 0 Å². The monoisotopic (exact) mass is 619 g/mol. The zero-order valence-corrected chi connectivity index (χ0v) is 23.7. The fourth-order valence-electron chi connectivity index (χ4n) is 4.66. The Kier molecular flexibility index (Phi) is 7.57. The van der Waals surface area contributed by atoms with Crippen molar-refractivity contribution in [3.8, 4) is 11.4 Å². The molecule has 6 aromatic rings. The van der Waals surface area contributed by atoms with Crippen molar-refractivity contribution in [1.82, 2.24) is 15.0 Å². The number of fused-ring (bicyclic) bond motifs is 1. The summed E-state index contributed by atoms with van der Waals surface area (Å²) in [4.78, 5) is 36.1. The number of ketones is 1. The fourth-order valence-corrected chi connectivity index (χ4v) is 4.92. The summed E-state index contributed by atoms with van der Waals surface area (Å²) in [5, 5.41) is 9.04. The van der Waals surface area contributed by atoms with Crippen LogP contribution in [0.15, 0.2) is 106 Å². The maximum atomic E-state index is 12.9. The van der Waals surface area contributed by atoms with Crippen molar-refractivity contribution in [2.75, 3.05) is 0 Å². The van der Waals surface area contributed by atoms with E-state index in [0.717, 1.165) is 33.6 Å². The summed E-state index contributed by atoms with van der Waals surface area (Å²) in [6.07, 6.45) is 3.78. The lowest BCUT2D eigenvalue weighted by Crippen LogP contribution is -2.00. The van der Waals surface area contributed by atoms with Crippen molar-refractivity contribution >= 4 is 45.3 Å². The predicted octanol–water partition coefficient (Wildman–Crippen LogP) is 6.80. The molecule has 42 heavy (non-hydrogen) atoms. The van der Waals surface area contributed by atoms with Gasteiger partial charge in [0.05, 0.1) is 17.4 Å². The van der Waals surface area contributed by atoms with Gasteiger partial charge in [0.25, 0.3) is 0 Å². The number of carbonyl (C=O) groups is 3. The molecule has 0 saturated heterocycles. The number of halogens is 1. The molecular formula is C33H22BrN3O5. The van der Waals surface area contributed by atoms with Crippen LogP contribution >= 0.6 is 15.9 Å². The normalized spacial score (nSPS) is 11.0. The summed E-state index contributed by atoms with van der Waals surface area (Å²) < 4.78 is 14.1. The van der Waals surface area contributed by atoms with Gasteiger partial charge >= 0.3 is 0 Å². The van der Waals surface area contributed by atoms with Gasteiger partial charge in [0.2, 0.25) is 5.78 Å². The summed E-state index contributed by atoms with van der Waals surface area (Å²) in [6.45, 7) is 0.0991. The predicted molar refractivity (Wildman–Crippen MR) is 160 cm³/mol. The van der Waals surface area contributed by atoms with Crippen molar-refractivity contribution in [2.24, 2.45) is 0 Å². The largest absolute Gasteiger partial charge is 0.486 e. The Bertz CT molecular complexity index is 1940. The number of aromatic nitrogens is 3. The highest BCUT2D eigenvalue weighted by Gasteiger charge is 2.15. The maximum absolute atomic E-state index is 12.9. The maximum Gasteiger partial charge on any atom is 0.228 e. The highest BCUT2D eigenvalue weighted by Crippen LogP contribution is 2.26. The molecule has 0 fully saturated rings. The van der Waals surface area contributed by atoms with Gasteiger partial charge in [0.15, 0.2) is 18.3 Å². The number of hydrogen-bond acceptors (Lipinski definition) is 7. The van der Waals surface area contributed by atoms with Crippen molar-refractivity contribution in [3.63, 3.8) is 0 Å². The number of ether oxygens (including phenoxy) is 1. The van der Waals surface area contributed by atoms with Crippen LogP contribution in [-0.4, -0.2) is 33.3 Å². The minimum absolute atomic E-state index is 0.0991. The van der Waals surface area contributed by atoms with E-state index in [2.05, 4.69) is 26.2 Å². The highest BCUT2D eigenvalue weighted by molar-refractivity contribution is 9.10. The molecular weight excluding hydrogens is 598 g/mol. The van der Waals surface area contributed by atoms with Crippen LogP contribution in [0.4, 0.5) is 0 Å². The van der Waals surface area contributed by atoms with E-state index in [-0.39, 0.29) is 18.2 Å². The van der Waals surface area contributed by atoms with Crippen LogP contribution in [0.3, 0.4) is 0 Å². The molecule has 0 aliphatic carbocycles. The molecule has 0 atom stereocenters. The fraction of sp³-hybridized carbons (Fsp3) is 0.0606. The van der Waals surface area contributed by atoms with E-state index < -0.39 is 0 Å². The van der Waals surface area contributed by atoms with Crippen LogP contribution in [0.25, 0.3) is 16.7 Å². The lowest BCUT2D eigenvalue weighted by molar-refractivity contribution is 0.101. The van der Waals surface area contributed by atoms with Crippen LogP contribution in [-0.2, 0) is 13.0 Å². The number of aldehydes is 2. The summed E-state index contributed by atoms with van der Waals surface area (Å²) in [5.41, 5.74) is 5.18. The zero-order chi connectivity index (χ0) is 29.1. The second kappa shape index (κ2) is 11.8. The number of rotatable bonds is 10. The van der Waals surface area contributed by atoms with Crippen LogP contribution in [0.2, 0.25) is 0 Å². The van der Waals surface area contributed by atoms with Crippen LogP contribution < -0.4 is 4.74 Å². The molecule has 0 spiro atoms. The van der Waals surface area contributed by atoms with Gasteiger partial charge in [-0.25, -0.2) is 4.68 Å².